The van der Waals surface area contributed by atoms with Crippen molar-refractivity contribution in [3.8, 4) is 5.75 Å². The van der Waals surface area contributed by atoms with Crippen LogP contribution in [0.15, 0.2) is 52.3 Å². The third-order valence-corrected chi connectivity index (χ3v) is 8.57. The molecule has 174 valence electrons. The second-order valence-corrected chi connectivity index (χ2v) is 10.9. The molecule has 1 aliphatic rings. The first-order valence-corrected chi connectivity index (χ1v) is 13.7. The van der Waals surface area contributed by atoms with Gasteiger partial charge in [0.2, 0.25) is 15.9 Å². The predicted molar refractivity (Wildman–Crippen MR) is 129 cm³/mol. The van der Waals surface area contributed by atoms with E-state index in [9.17, 15) is 13.2 Å². The lowest BCUT2D eigenvalue weighted by molar-refractivity contribution is -0.126. The van der Waals surface area contributed by atoms with Gasteiger partial charge in [-0.3, -0.25) is 4.79 Å². The number of amides is 1. The van der Waals surface area contributed by atoms with Crippen LogP contribution >= 0.6 is 23.4 Å². The Hall–Kier alpha value is -1.74. The molecule has 1 N–H and O–H groups in total. The van der Waals surface area contributed by atoms with Gasteiger partial charge in [-0.25, -0.2) is 8.42 Å². The van der Waals surface area contributed by atoms with E-state index >= 15 is 0 Å². The van der Waals surface area contributed by atoms with Crippen molar-refractivity contribution in [2.24, 2.45) is 5.92 Å². The van der Waals surface area contributed by atoms with Crippen LogP contribution in [-0.2, 0) is 14.8 Å². The number of carbonyl (C=O) groups excluding carboxylic acids is 1. The zero-order chi connectivity index (χ0) is 23.3. The van der Waals surface area contributed by atoms with Crippen LogP contribution in [0.1, 0.15) is 38.3 Å². The van der Waals surface area contributed by atoms with Crippen molar-refractivity contribution >= 4 is 39.3 Å². The number of thioether (sulfide) groups is 1. The van der Waals surface area contributed by atoms with Gasteiger partial charge in [-0.2, -0.15) is 4.31 Å². The van der Waals surface area contributed by atoms with Crippen molar-refractivity contribution in [1.82, 2.24) is 9.62 Å². The van der Waals surface area contributed by atoms with Gasteiger partial charge in [0.1, 0.15) is 5.75 Å². The molecule has 0 saturated carbocycles. The van der Waals surface area contributed by atoms with Gasteiger partial charge in [0.15, 0.2) is 0 Å². The number of sulfonamides is 1. The third kappa shape index (κ3) is 5.78. The number of hydrogen-bond donors (Lipinski definition) is 1. The van der Waals surface area contributed by atoms with E-state index < -0.39 is 10.0 Å². The molecule has 1 aliphatic heterocycles. The van der Waals surface area contributed by atoms with E-state index in [4.69, 9.17) is 16.3 Å². The molecule has 6 nitrogen and oxygen atoms in total. The average molecular weight is 497 g/mol. The van der Waals surface area contributed by atoms with Gasteiger partial charge < -0.3 is 10.1 Å². The number of rotatable bonds is 8. The number of hydrogen-bond acceptors (Lipinski definition) is 5. The molecule has 0 aliphatic carbocycles. The summed E-state index contributed by atoms with van der Waals surface area (Å²) in [4.78, 5) is 14.1. The Balaban J connectivity index is 1.58. The molecule has 32 heavy (non-hydrogen) atoms. The summed E-state index contributed by atoms with van der Waals surface area (Å²) >= 11 is 7.85. The molecule has 3 rings (SSSR count). The Morgan fingerprint density at radius 3 is 2.44 bits per heavy atom. The van der Waals surface area contributed by atoms with Crippen LogP contribution in [-0.4, -0.2) is 44.6 Å². The second-order valence-electron chi connectivity index (χ2n) is 7.71. The molecule has 0 bridgehead atoms. The molecule has 2 aromatic rings. The summed E-state index contributed by atoms with van der Waals surface area (Å²) < 4.78 is 32.9. The molecular weight excluding hydrogens is 468 g/mol. The third-order valence-electron chi connectivity index (χ3n) is 5.64. The van der Waals surface area contributed by atoms with E-state index in [1.165, 1.54) is 21.3 Å². The van der Waals surface area contributed by atoms with Gasteiger partial charge in [-0.1, -0.05) is 23.7 Å². The number of benzene rings is 2. The van der Waals surface area contributed by atoms with E-state index in [1.54, 1.807) is 17.8 Å². The van der Waals surface area contributed by atoms with Crippen LogP contribution in [0, 0.1) is 5.92 Å². The van der Waals surface area contributed by atoms with E-state index in [0.717, 1.165) is 5.56 Å². The quantitative estimate of drug-likeness (QED) is 0.534. The minimum absolute atomic E-state index is 0.0346. The molecule has 0 unspecified atom stereocenters. The molecule has 0 radical (unpaired) electrons. The summed E-state index contributed by atoms with van der Waals surface area (Å²) in [5, 5.41) is 3.33. The van der Waals surface area contributed by atoms with Gasteiger partial charge in [0, 0.05) is 23.9 Å². The normalized spacial score (nSPS) is 16.5. The SMILES string of the molecule is CCOc1ccc(S(=O)(=O)N2CCC(C(=O)N[C@@H](C)c3ccc(SC)cc3)CC2)cc1Cl. The van der Waals surface area contributed by atoms with Crippen LogP contribution in [0.5, 0.6) is 5.75 Å². The first-order valence-electron chi connectivity index (χ1n) is 10.6. The number of piperidine rings is 1. The molecule has 1 saturated heterocycles. The van der Waals surface area contributed by atoms with Crippen LogP contribution in [0.2, 0.25) is 5.02 Å². The van der Waals surface area contributed by atoms with Gasteiger partial charge in [-0.05, 0) is 68.8 Å². The fourth-order valence-corrected chi connectivity index (χ4v) is 5.93. The number of halogens is 1. The molecular formula is C23H29ClN2O4S2. The molecule has 2 aromatic carbocycles. The summed E-state index contributed by atoms with van der Waals surface area (Å²) in [6.45, 7) is 4.83. The van der Waals surface area contributed by atoms with Crippen molar-refractivity contribution in [2.75, 3.05) is 26.0 Å². The number of nitrogens with zero attached hydrogens (tertiary/aromatic N) is 1. The van der Waals surface area contributed by atoms with Gasteiger partial charge in [-0.15, -0.1) is 11.8 Å². The van der Waals surface area contributed by atoms with E-state index in [2.05, 4.69) is 5.32 Å². The number of ether oxygens (including phenoxy) is 1. The van der Waals surface area contributed by atoms with Crippen molar-refractivity contribution in [2.45, 2.75) is 42.5 Å². The first-order chi connectivity index (χ1) is 15.3. The highest BCUT2D eigenvalue weighted by molar-refractivity contribution is 7.98. The molecule has 1 fully saturated rings. The Morgan fingerprint density at radius 2 is 1.88 bits per heavy atom. The van der Waals surface area contributed by atoms with Crippen molar-refractivity contribution in [3.05, 3.63) is 53.1 Å². The zero-order valence-electron chi connectivity index (χ0n) is 18.5. The highest BCUT2D eigenvalue weighted by Gasteiger charge is 2.32. The zero-order valence-corrected chi connectivity index (χ0v) is 20.9. The van der Waals surface area contributed by atoms with Crippen molar-refractivity contribution in [1.29, 1.82) is 0 Å². The Bertz CT molecular complexity index is 1040. The van der Waals surface area contributed by atoms with E-state index in [0.29, 0.717) is 38.3 Å². The maximum absolute atomic E-state index is 13.0. The highest BCUT2D eigenvalue weighted by Crippen LogP contribution is 2.30. The highest BCUT2D eigenvalue weighted by atomic mass is 35.5. The summed E-state index contributed by atoms with van der Waals surface area (Å²) in [6, 6.07) is 12.5. The fourth-order valence-electron chi connectivity index (χ4n) is 3.73. The molecule has 1 heterocycles. The molecule has 9 heteroatoms. The largest absolute Gasteiger partial charge is 0.492 e. The van der Waals surface area contributed by atoms with E-state index in [1.807, 2.05) is 44.4 Å². The molecule has 0 aromatic heterocycles. The van der Waals surface area contributed by atoms with Crippen LogP contribution in [0.3, 0.4) is 0 Å². The van der Waals surface area contributed by atoms with E-state index in [-0.39, 0.29) is 27.8 Å². The van der Waals surface area contributed by atoms with Gasteiger partial charge in [0.05, 0.1) is 22.6 Å². The average Bonchev–Trinajstić information content (AvgIpc) is 2.80. The minimum atomic E-state index is -3.68. The van der Waals surface area contributed by atoms with Crippen LogP contribution in [0.25, 0.3) is 0 Å². The minimum Gasteiger partial charge on any atom is -0.492 e. The Morgan fingerprint density at radius 1 is 1.22 bits per heavy atom. The summed E-state index contributed by atoms with van der Waals surface area (Å²) in [7, 11) is -3.68. The Kier molecular flexibility index (Phi) is 8.49. The molecule has 0 spiro atoms. The fraction of sp³-hybridized carbons (Fsp3) is 0.435. The summed E-state index contributed by atoms with van der Waals surface area (Å²) in [5.74, 6) is 0.214. The van der Waals surface area contributed by atoms with Crippen molar-refractivity contribution < 1.29 is 17.9 Å². The summed E-state index contributed by atoms with van der Waals surface area (Å²) in [5.41, 5.74) is 1.04. The monoisotopic (exact) mass is 496 g/mol. The molecule has 1 amide bonds. The smallest absolute Gasteiger partial charge is 0.243 e. The lowest BCUT2D eigenvalue weighted by Gasteiger charge is -2.31. The van der Waals surface area contributed by atoms with Gasteiger partial charge in [0.25, 0.3) is 0 Å². The molecule has 1 atom stereocenters. The number of carbonyl (C=O) groups is 1. The lowest BCUT2D eigenvalue weighted by Crippen LogP contribution is -2.43. The van der Waals surface area contributed by atoms with Crippen LogP contribution in [0.4, 0.5) is 0 Å². The van der Waals surface area contributed by atoms with Gasteiger partial charge >= 0.3 is 0 Å². The predicted octanol–water partition coefficient (Wildman–Crippen LogP) is 4.74. The lowest BCUT2D eigenvalue weighted by atomic mass is 9.96. The first kappa shape index (κ1) is 24.9. The van der Waals surface area contributed by atoms with Crippen LogP contribution < -0.4 is 10.1 Å². The Labute approximate surface area is 199 Å². The summed E-state index contributed by atoms with van der Waals surface area (Å²) in [6.07, 6.45) is 2.99. The topological polar surface area (TPSA) is 75.7 Å². The second kappa shape index (κ2) is 10.9. The number of nitrogens with one attached hydrogen (secondary N) is 1. The maximum atomic E-state index is 13.0. The standard InChI is InChI=1S/C23H29ClN2O4S2/c1-4-30-22-10-9-20(15-21(22)24)32(28,29)26-13-11-18(12-14-26)23(27)25-16(2)17-5-7-19(31-3)8-6-17/h5-10,15-16,18H,4,11-14H2,1-3H3,(H,25,27)/t16-/m0/s1. The van der Waals surface area contributed by atoms with Crippen molar-refractivity contribution in [3.63, 3.8) is 0 Å². The maximum Gasteiger partial charge on any atom is 0.243 e.